The molecule has 0 unspecified atom stereocenters. The smallest absolute Gasteiger partial charge is 0.331 e. The van der Waals surface area contributed by atoms with Crippen molar-refractivity contribution in [3.8, 4) is 5.88 Å². The minimum atomic E-state index is -0.482. The zero-order valence-electron chi connectivity index (χ0n) is 15.1. The fourth-order valence-corrected chi connectivity index (χ4v) is 3.10. The van der Waals surface area contributed by atoms with E-state index in [-0.39, 0.29) is 23.4 Å². The van der Waals surface area contributed by atoms with Gasteiger partial charge in [0.25, 0.3) is 11.6 Å². The number of non-ortho nitro benzene ring substituents is 1. The first kappa shape index (κ1) is 18.7. The predicted octanol–water partition coefficient (Wildman–Crippen LogP) is 3.24. The number of nitro benzene ring substituents is 1. The van der Waals surface area contributed by atoms with Crippen LogP contribution in [-0.2, 0) is 19.5 Å². The maximum atomic E-state index is 11.4. The summed E-state index contributed by atoms with van der Waals surface area (Å²) in [5.74, 6) is 0.0564. The molecule has 1 aromatic heterocycles. The number of ether oxygens (including phenoxy) is 1. The fourth-order valence-electron chi connectivity index (χ4n) is 3.10. The number of nitrogens with zero attached hydrogens (tertiary/aromatic N) is 4. The van der Waals surface area contributed by atoms with Crippen LogP contribution in [0.1, 0.15) is 30.7 Å². The molecule has 0 aliphatic carbocycles. The van der Waals surface area contributed by atoms with Gasteiger partial charge in [-0.2, -0.15) is 0 Å². The number of hydrogen-bond donors (Lipinski definition) is 0. The molecule has 1 aliphatic rings. The molecule has 2 heterocycles. The Hall–Kier alpha value is -3.07. The number of benzene rings is 1. The van der Waals surface area contributed by atoms with Crippen LogP contribution in [0.5, 0.6) is 5.88 Å². The van der Waals surface area contributed by atoms with Crippen molar-refractivity contribution in [2.45, 2.75) is 39.5 Å². The standard InChI is InChI=1S/C18H20N4O5/c1-12(2)27-18-17(22(25)26)9-14-11-20(7-6-16(14)19-18)10-13-4-3-5-15(8-13)21(23)24/h3-5,8-9,12H,6-7,10-11H2,1-2H3. The second kappa shape index (κ2) is 7.67. The van der Waals surface area contributed by atoms with Crippen LogP contribution in [0.3, 0.4) is 0 Å². The molecule has 0 atom stereocenters. The van der Waals surface area contributed by atoms with Gasteiger partial charge >= 0.3 is 5.69 Å². The second-order valence-corrected chi connectivity index (χ2v) is 6.73. The topological polar surface area (TPSA) is 112 Å². The van der Waals surface area contributed by atoms with Crippen LogP contribution < -0.4 is 4.74 Å². The lowest BCUT2D eigenvalue weighted by Gasteiger charge is -2.28. The maximum absolute atomic E-state index is 11.4. The Morgan fingerprint density at radius 1 is 1.22 bits per heavy atom. The largest absolute Gasteiger partial charge is 0.470 e. The van der Waals surface area contributed by atoms with E-state index < -0.39 is 9.85 Å². The highest BCUT2D eigenvalue weighted by Crippen LogP contribution is 2.31. The van der Waals surface area contributed by atoms with Crippen molar-refractivity contribution in [1.29, 1.82) is 0 Å². The quantitative estimate of drug-likeness (QED) is 0.565. The molecular weight excluding hydrogens is 352 g/mol. The van der Waals surface area contributed by atoms with E-state index in [0.29, 0.717) is 26.1 Å². The summed E-state index contributed by atoms with van der Waals surface area (Å²) in [5.41, 5.74) is 2.33. The van der Waals surface area contributed by atoms with Gasteiger partial charge in [-0.25, -0.2) is 4.98 Å². The van der Waals surface area contributed by atoms with Crippen molar-refractivity contribution < 1.29 is 14.6 Å². The van der Waals surface area contributed by atoms with E-state index in [1.807, 2.05) is 6.07 Å². The number of aromatic nitrogens is 1. The van der Waals surface area contributed by atoms with Crippen molar-refractivity contribution in [3.63, 3.8) is 0 Å². The molecule has 2 aromatic rings. The van der Waals surface area contributed by atoms with Gasteiger partial charge in [-0.3, -0.25) is 25.1 Å². The van der Waals surface area contributed by atoms with Gasteiger partial charge in [0.15, 0.2) is 0 Å². The molecule has 1 aliphatic heterocycles. The van der Waals surface area contributed by atoms with Crippen LogP contribution in [0, 0.1) is 20.2 Å². The van der Waals surface area contributed by atoms with Crippen molar-refractivity contribution in [2.75, 3.05) is 6.54 Å². The van der Waals surface area contributed by atoms with Gasteiger partial charge in [0.05, 0.1) is 21.6 Å². The summed E-state index contributed by atoms with van der Waals surface area (Å²) in [4.78, 5) is 27.9. The molecule has 0 saturated carbocycles. The van der Waals surface area contributed by atoms with Gasteiger partial charge in [-0.15, -0.1) is 0 Å². The van der Waals surface area contributed by atoms with E-state index in [1.54, 1.807) is 26.0 Å². The van der Waals surface area contributed by atoms with Crippen molar-refractivity contribution >= 4 is 11.4 Å². The Balaban J connectivity index is 1.81. The van der Waals surface area contributed by atoms with Gasteiger partial charge in [0.1, 0.15) is 0 Å². The molecule has 9 nitrogen and oxygen atoms in total. The fraction of sp³-hybridized carbons (Fsp3) is 0.389. The molecule has 1 aromatic carbocycles. The highest BCUT2D eigenvalue weighted by atomic mass is 16.6. The van der Waals surface area contributed by atoms with Crippen LogP contribution in [0.25, 0.3) is 0 Å². The van der Waals surface area contributed by atoms with Crippen LogP contribution in [0.2, 0.25) is 0 Å². The molecule has 3 rings (SSSR count). The highest BCUT2D eigenvalue weighted by Gasteiger charge is 2.26. The summed E-state index contributed by atoms with van der Waals surface area (Å²) in [6, 6.07) is 8.03. The summed E-state index contributed by atoms with van der Waals surface area (Å²) >= 11 is 0. The van der Waals surface area contributed by atoms with Gasteiger partial charge < -0.3 is 4.74 Å². The number of hydrogen-bond acceptors (Lipinski definition) is 7. The Morgan fingerprint density at radius 3 is 2.67 bits per heavy atom. The van der Waals surface area contributed by atoms with Crippen molar-refractivity contribution in [3.05, 3.63) is 67.4 Å². The Bertz CT molecular complexity index is 884. The molecule has 0 amide bonds. The lowest BCUT2D eigenvalue weighted by molar-refractivity contribution is -0.386. The first-order valence-corrected chi connectivity index (χ1v) is 8.63. The molecule has 0 fully saturated rings. The number of pyridine rings is 1. The molecule has 142 valence electrons. The molecule has 0 bridgehead atoms. The maximum Gasteiger partial charge on any atom is 0.331 e. The Kier molecular flexibility index (Phi) is 5.31. The lowest BCUT2D eigenvalue weighted by atomic mass is 10.0. The predicted molar refractivity (Wildman–Crippen MR) is 97.6 cm³/mol. The zero-order chi connectivity index (χ0) is 19.6. The first-order valence-electron chi connectivity index (χ1n) is 8.63. The van der Waals surface area contributed by atoms with E-state index in [9.17, 15) is 20.2 Å². The van der Waals surface area contributed by atoms with Crippen molar-refractivity contribution in [1.82, 2.24) is 9.88 Å². The molecule has 0 N–H and O–H groups in total. The SMILES string of the molecule is CC(C)Oc1nc2c(cc1[N+](=O)[O-])CN(Cc1cccc([N+](=O)[O-])c1)CC2. The first-order chi connectivity index (χ1) is 12.8. The summed E-state index contributed by atoms with van der Waals surface area (Å²) < 4.78 is 5.50. The second-order valence-electron chi connectivity index (χ2n) is 6.73. The number of nitro groups is 2. The molecule has 27 heavy (non-hydrogen) atoms. The number of rotatable bonds is 6. The highest BCUT2D eigenvalue weighted by molar-refractivity contribution is 5.46. The monoisotopic (exact) mass is 372 g/mol. The zero-order valence-corrected chi connectivity index (χ0v) is 15.1. The third kappa shape index (κ3) is 4.37. The average Bonchev–Trinajstić information content (AvgIpc) is 2.61. The van der Waals surface area contributed by atoms with Gasteiger partial charge in [0.2, 0.25) is 0 Å². The van der Waals surface area contributed by atoms with Crippen LogP contribution in [0.4, 0.5) is 11.4 Å². The molecular formula is C18H20N4O5. The van der Waals surface area contributed by atoms with E-state index >= 15 is 0 Å². The normalized spacial score (nSPS) is 14.0. The van der Waals surface area contributed by atoms with E-state index in [2.05, 4.69) is 9.88 Å². The molecule has 0 radical (unpaired) electrons. The van der Waals surface area contributed by atoms with Crippen LogP contribution in [0.15, 0.2) is 30.3 Å². The molecule has 0 spiro atoms. The van der Waals surface area contributed by atoms with Crippen LogP contribution >= 0.6 is 0 Å². The van der Waals surface area contributed by atoms with Gasteiger partial charge in [0, 0.05) is 44.3 Å². The average molecular weight is 372 g/mol. The third-order valence-electron chi connectivity index (χ3n) is 4.27. The number of fused-ring (bicyclic) bond motifs is 1. The third-order valence-corrected chi connectivity index (χ3v) is 4.27. The molecule has 9 heteroatoms. The van der Waals surface area contributed by atoms with Crippen molar-refractivity contribution in [2.24, 2.45) is 0 Å². The summed E-state index contributed by atoms with van der Waals surface area (Å²) in [5, 5.41) is 22.3. The summed E-state index contributed by atoms with van der Waals surface area (Å²) in [6.45, 7) is 5.33. The van der Waals surface area contributed by atoms with E-state index in [4.69, 9.17) is 4.74 Å². The van der Waals surface area contributed by atoms with Gasteiger partial charge in [-0.1, -0.05) is 12.1 Å². The summed E-state index contributed by atoms with van der Waals surface area (Å²) in [6.07, 6.45) is 0.430. The summed E-state index contributed by atoms with van der Waals surface area (Å²) in [7, 11) is 0. The lowest BCUT2D eigenvalue weighted by Crippen LogP contribution is -2.31. The minimum absolute atomic E-state index is 0.0534. The Morgan fingerprint density at radius 2 is 2.00 bits per heavy atom. The Labute approximate surface area is 155 Å². The molecule has 0 saturated heterocycles. The van der Waals surface area contributed by atoms with E-state index in [0.717, 1.165) is 16.8 Å². The van der Waals surface area contributed by atoms with Gasteiger partial charge in [-0.05, 0) is 25.0 Å². The minimum Gasteiger partial charge on any atom is -0.470 e. The van der Waals surface area contributed by atoms with Crippen LogP contribution in [-0.4, -0.2) is 32.4 Å². The van der Waals surface area contributed by atoms with E-state index in [1.165, 1.54) is 12.1 Å².